The molecule has 1 aliphatic rings. The van der Waals surface area contributed by atoms with E-state index in [9.17, 15) is 14.9 Å². The van der Waals surface area contributed by atoms with Crippen molar-refractivity contribution in [2.45, 2.75) is 19.3 Å². The summed E-state index contributed by atoms with van der Waals surface area (Å²) in [6, 6.07) is 14.0. The van der Waals surface area contributed by atoms with Crippen molar-refractivity contribution in [3.63, 3.8) is 0 Å². The molecule has 6 nitrogen and oxygen atoms in total. The van der Waals surface area contributed by atoms with Crippen LogP contribution < -0.4 is 5.32 Å². The van der Waals surface area contributed by atoms with Crippen LogP contribution in [0.5, 0.6) is 0 Å². The minimum Gasteiger partial charge on any atom is -0.323 e. The molecule has 1 amide bonds. The second kappa shape index (κ2) is 9.09. The number of non-ortho nitro benzene ring substituents is 1. The van der Waals surface area contributed by atoms with Crippen molar-refractivity contribution < 1.29 is 9.72 Å². The van der Waals surface area contributed by atoms with Crippen LogP contribution in [0, 0.1) is 10.1 Å². The summed E-state index contributed by atoms with van der Waals surface area (Å²) in [5.74, 6) is -0.272. The van der Waals surface area contributed by atoms with Gasteiger partial charge in [-0.1, -0.05) is 24.3 Å². The van der Waals surface area contributed by atoms with Crippen LogP contribution in [0.25, 0.3) is 6.08 Å². The van der Waals surface area contributed by atoms with Crippen LogP contribution in [0.3, 0.4) is 0 Å². The van der Waals surface area contributed by atoms with Gasteiger partial charge in [-0.25, -0.2) is 0 Å². The maximum Gasteiger partial charge on any atom is 0.270 e. The van der Waals surface area contributed by atoms with Gasteiger partial charge in [0.2, 0.25) is 5.91 Å². The van der Waals surface area contributed by atoms with Gasteiger partial charge < -0.3 is 10.2 Å². The molecule has 0 unspecified atom stereocenters. The lowest BCUT2D eigenvalue weighted by Gasteiger charge is -2.14. The van der Waals surface area contributed by atoms with Gasteiger partial charge in [0.1, 0.15) is 0 Å². The summed E-state index contributed by atoms with van der Waals surface area (Å²) in [7, 11) is 0. The summed E-state index contributed by atoms with van der Waals surface area (Å²) in [4.78, 5) is 24.9. The summed E-state index contributed by atoms with van der Waals surface area (Å²) in [6.45, 7) is 3.48. The number of nitro groups is 1. The molecule has 0 saturated carbocycles. The Balaban J connectivity index is 1.51. The molecule has 1 N–H and O–H groups in total. The molecular weight excluding hydrogens is 342 g/mol. The van der Waals surface area contributed by atoms with Gasteiger partial charge in [0.15, 0.2) is 0 Å². The van der Waals surface area contributed by atoms with Gasteiger partial charge in [0.05, 0.1) is 4.92 Å². The summed E-state index contributed by atoms with van der Waals surface area (Å²) >= 11 is 0. The number of rotatable bonds is 7. The van der Waals surface area contributed by atoms with Crippen molar-refractivity contribution in [2.24, 2.45) is 0 Å². The fourth-order valence-corrected chi connectivity index (χ4v) is 3.15. The van der Waals surface area contributed by atoms with E-state index in [0.717, 1.165) is 18.7 Å². The highest BCUT2D eigenvalue weighted by molar-refractivity contribution is 6.01. The third kappa shape index (κ3) is 5.76. The molecule has 0 aromatic heterocycles. The molecule has 2 aromatic carbocycles. The highest BCUT2D eigenvalue weighted by Crippen LogP contribution is 2.15. The molecule has 6 heteroatoms. The fourth-order valence-electron chi connectivity index (χ4n) is 3.15. The number of amides is 1. The molecule has 27 heavy (non-hydrogen) atoms. The zero-order chi connectivity index (χ0) is 19.1. The number of nitrogens with zero attached hydrogens (tertiary/aromatic N) is 2. The van der Waals surface area contributed by atoms with Crippen LogP contribution in [0.4, 0.5) is 11.4 Å². The molecule has 0 bridgehead atoms. The van der Waals surface area contributed by atoms with E-state index in [1.165, 1.54) is 49.7 Å². The molecule has 0 spiro atoms. The zero-order valence-electron chi connectivity index (χ0n) is 15.1. The smallest absolute Gasteiger partial charge is 0.270 e. The van der Waals surface area contributed by atoms with E-state index in [1.54, 1.807) is 18.2 Å². The Kier molecular flexibility index (Phi) is 6.33. The topological polar surface area (TPSA) is 75.5 Å². The Morgan fingerprint density at radius 3 is 2.59 bits per heavy atom. The average Bonchev–Trinajstić information content (AvgIpc) is 3.20. The molecule has 1 saturated heterocycles. The maximum atomic E-state index is 12.1. The quantitative estimate of drug-likeness (QED) is 0.459. The summed E-state index contributed by atoms with van der Waals surface area (Å²) in [5, 5.41) is 13.6. The fraction of sp³-hybridized carbons (Fsp3) is 0.286. The largest absolute Gasteiger partial charge is 0.323 e. The number of carbonyl (C=O) groups excluding carboxylic acids is 1. The first kappa shape index (κ1) is 18.8. The Morgan fingerprint density at radius 1 is 1.15 bits per heavy atom. The lowest BCUT2D eigenvalue weighted by atomic mass is 10.1. The van der Waals surface area contributed by atoms with Crippen molar-refractivity contribution >= 4 is 23.4 Å². The standard InChI is InChI=1S/C21H23N3O3/c25-21(11-8-18-4-3-5-20(16-18)24(26)27)22-19-9-6-17(7-10-19)12-15-23-13-1-2-14-23/h3-11,16H,1-2,12-15H2,(H,22,25)/b11-8+. The van der Waals surface area contributed by atoms with Gasteiger partial charge in [-0.2, -0.15) is 0 Å². The van der Waals surface area contributed by atoms with Gasteiger partial charge in [-0.15, -0.1) is 0 Å². The van der Waals surface area contributed by atoms with Crippen LogP contribution in [0.2, 0.25) is 0 Å². The van der Waals surface area contributed by atoms with Crippen molar-refractivity contribution in [2.75, 3.05) is 25.0 Å². The number of nitrogens with one attached hydrogen (secondary N) is 1. The average molecular weight is 365 g/mol. The van der Waals surface area contributed by atoms with E-state index < -0.39 is 4.92 Å². The van der Waals surface area contributed by atoms with E-state index in [2.05, 4.69) is 10.2 Å². The lowest BCUT2D eigenvalue weighted by Crippen LogP contribution is -2.21. The molecule has 0 radical (unpaired) electrons. The number of anilines is 1. The predicted octanol–water partition coefficient (Wildman–Crippen LogP) is 3.89. The minimum absolute atomic E-state index is 0.00192. The van der Waals surface area contributed by atoms with Crippen LogP contribution in [-0.2, 0) is 11.2 Å². The summed E-state index contributed by atoms with van der Waals surface area (Å²) in [6.07, 6.45) is 6.55. The van der Waals surface area contributed by atoms with Crippen LogP contribution in [0.15, 0.2) is 54.6 Å². The SMILES string of the molecule is O=C(/C=C/c1cccc([N+](=O)[O-])c1)Nc1ccc(CCN2CCCC2)cc1. The Bertz CT molecular complexity index is 825. The number of hydrogen-bond acceptors (Lipinski definition) is 4. The van der Waals surface area contributed by atoms with E-state index in [-0.39, 0.29) is 11.6 Å². The molecule has 0 atom stereocenters. The number of likely N-dealkylation sites (tertiary alicyclic amines) is 1. The number of carbonyl (C=O) groups is 1. The monoisotopic (exact) mass is 365 g/mol. The van der Waals surface area contributed by atoms with Crippen LogP contribution >= 0.6 is 0 Å². The highest BCUT2D eigenvalue weighted by Gasteiger charge is 2.10. The van der Waals surface area contributed by atoms with Gasteiger partial charge in [0.25, 0.3) is 5.69 Å². The van der Waals surface area contributed by atoms with Crippen LogP contribution in [0.1, 0.15) is 24.0 Å². The molecule has 1 aliphatic heterocycles. The first-order valence-electron chi connectivity index (χ1n) is 9.15. The predicted molar refractivity (Wildman–Crippen MR) is 107 cm³/mol. The molecule has 1 heterocycles. The third-order valence-electron chi connectivity index (χ3n) is 4.65. The number of nitro benzene ring substituents is 1. The highest BCUT2D eigenvalue weighted by atomic mass is 16.6. The summed E-state index contributed by atoms with van der Waals surface area (Å²) in [5.41, 5.74) is 2.60. The normalized spacial score (nSPS) is 14.5. The van der Waals surface area contributed by atoms with Crippen molar-refractivity contribution in [3.05, 3.63) is 75.8 Å². The molecule has 2 aromatic rings. The number of hydrogen-bond donors (Lipinski definition) is 1. The Labute approximate surface area is 158 Å². The second-order valence-electron chi connectivity index (χ2n) is 6.67. The van der Waals surface area contributed by atoms with E-state index in [4.69, 9.17) is 0 Å². The van der Waals surface area contributed by atoms with Gasteiger partial charge in [0, 0.05) is 30.4 Å². The first-order valence-corrected chi connectivity index (χ1v) is 9.15. The van der Waals surface area contributed by atoms with Gasteiger partial charge in [-0.3, -0.25) is 14.9 Å². The number of benzene rings is 2. The zero-order valence-corrected chi connectivity index (χ0v) is 15.1. The van der Waals surface area contributed by atoms with E-state index in [0.29, 0.717) is 5.56 Å². The third-order valence-corrected chi connectivity index (χ3v) is 4.65. The van der Waals surface area contributed by atoms with Crippen molar-refractivity contribution in [3.8, 4) is 0 Å². The van der Waals surface area contributed by atoms with E-state index in [1.807, 2.05) is 24.3 Å². The second-order valence-corrected chi connectivity index (χ2v) is 6.67. The lowest BCUT2D eigenvalue weighted by molar-refractivity contribution is -0.384. The Morgan fingerprint density at radius 2 is 1.89 bits per heavy atom. The van der Waals surface area contributed by atoms with Crippen molar-refractivity contribution in [1.29, 1.82) is 0 Å². The van der Waals surface area contributed by atoms with E-state index >= 15 is 0 Å². The Hall–Kier alpha value is -2.99. The maximum absolute atomic E-state index is 12.1. The molecular formula is C21H23N3O3. The van der Waals surface area contributed by atoms with Crippen LogP contribution in [-0.4, -0.2) is 35.4 Å². The first-order chi connectivity index (χ1) is 13.1. The van der Waals surface area contributed by atoms with Gasteiger partial charge in [-0.05, 0) is 61.7 Å². The molecule has 1 fully saturated rings. The summed E-state index contributed by atoms with van der Waals surface area (Å²) < 4.78 is 0. The van der Waals surface area contributed by atoms with Crippen molar-refractivity contribution in [1.82, 2.24) is 4.90 Å². The van der Waals surface area contributed by atoms with Gasteiger partial charge >= 0.3 is 0 Å². The minimum atomic E-state index is -0.456. The molecule has 3 rings (SSSR count). The molecule has 0 aliphatic carbocycles. The molecule has 140 valence electrons.